The van der Waals surface area contributed by atoms with Crippen LogP contribution in [0.4, 0.5) is 17.2 Å². The number of anilines is 1. The van der Waals surface area contributed by atoms with E-state index < -0.39 is 27.2 Å². The van der Waals surface area contributed by atoms with Crippen molar-refractivity contribution in [3.8, 4) is 5.69 Å². The largest absolute Gasteiger partial charge is 0.462 e. The quantitative estimate of drug-likeness (QED) is 0.222. The maximum atomic E-state index is 12.8. The lowest BCUT2D eigenvalue weighted by atomic mass is 10.1. The van der Waals surface area contributed by atoms with Crippen molar-refractivity contribution in [1.82, 2.24) is 14.5 Å². The topological polar surface area (TPSA) is 169 Å². The Bertz CT molecular complexity index is 1710. The number of rotatable bonds is 5. The molecule has 0 spiro atoms. The van der Waals surface area contributed by atoms with E-state index in [4.69, 9.17) is 10.5 Å². The maximum absolute atomic E-state index is 12.8. The molecule has 0 amide bonds. The average Bonchev–Trinajstić information content (AvgIpc) is 3.12. The molecule has 0 bridgehead atoms. The van der Waals surface area contributed by atoms with Gasteiger partial charge in [-0.25, -0.2) is 14.8 Å². The molecule has 5 rings (SSSR count). The number of nitro groups is 2. The van der Waals surface area contributed by atoms with E-state index in [0.29, 0.717) is 5.69 Å². The molecule has 0 aliphatic carbocycles. The molecule has 0 unspecified atom stereocenters. The van der Waals surface area contributed by atoms with Crippen LogP contribution in [0.3, 0.4) is 0 Å². The first-order valence-electron chi connectivity index (χ1n) is 10.4. The van der Waals surface area contributed by atoms with E-state index in [-0.39, 0.29) is 40.2 Å². The third-order valence-corrected chi connectivity index (χ3v) is 5.55. The van der Waals surface area contributed by atoms with Gasteiger partial charge in [-0.3, -0.25) is 24.8 Å². The smallest absolute Gasteiger partial charge is 0.348 e. The second kappa shape index (κ2) is 8.02. The SMILES string of the molecule is CCOC(=O)c1c(N)n(-c2ccc3ccccc3c2)c2nc3cc([N+](=O)[O-])c([N+](=O)[O-])cc3nc12. The van der Waals surface area contributed by atoms with E-state index in [1.807, 2.05) is 36.4 Å². The van der Waals surface area contributed by atoms with Crippen molar-refractivity contribution in [2.75, 3.05) is 12.3 Å². The number of ether oxygens (including phenoxy) is 1. The van der Waals surface area contributed by atoms with Gasteiger partial charge < -0.3 is 10.5 Å². The van der Waals surface area contributed by atoms with Gasteiger partial charge in [0, 0.05) is 5.69 Å². The third-order valence-electron chi connectivity index (χ3n) is 5.55. The van der Waals surface area contributed by atoms with Crippen LogP contribution in [-0.4, -0.2) is 37.0 Å². The first-order chi connectivity index (χ1) is 16.8. The van der Waals surface area contributed by atoms with Crippen molar-refractivity contribution in [1.29, 1.82) is 0 Å². The first kappa shape index (κ1) is 21.7. The zero-order valence-electron chi connectivity index (χ0n) is 18.2. The second-order valence-electron chi connectivity index (χ2n) is 7.59. The average molecular weight is 472 g/mol. The molecule has 0 saturated carbocycles. The number of esters is 1. The summed E-state index contributed by atoms with van der Waals surface area (Å²) in [5.41, 5.74) is 5.71. The number of aromatic nitrogens is 3. The summed E-state index contributed by atoms with van der Waals surface area (Å²) in [6, 6.07) is 15.1. The number of carbonyl (C=O) groups is 1. The summed E-state index contributed by atoms with van der Waals surface area (Å²) in [5.74, 6) is -0.729. The minimum absolute atomic E-state index is 0.00369. The predicted molar refractivity (Wildman–Crippen MR) is 128 cm³/mol. The van der Waals surface area contributed by atoms with Gasteiger partial charge in [-0.05, 0) is 29.8 Å². The highest BCUT2D eigenvalue weighted by atomic mass is 16.6. The standard InChI is InChI=1S/C23H16N6O6/c1-2-35-23(30)19-20-22(26-16-11-18(29(33)34)17(28(31)32)10-15(16)25-20)27(21(19)24)14-8-7-12-5-3-4-6-13(12)9-14/h3-11H,2,24H2,1H3. The molecule has 12 nitrogen and oxygen atoms in total. The summed E-state index contributed by atoms with van der Waals surface area (Å²) in [4.78, 5) is 42.8. The van der Waals surface area contributed by atoms with Crippen LogP contribution in [0.1, 0.15) is 17.3 Å². The number of nitrogen functional groups attached to an aromatic ring is 1. The van der Waals surface area contributed by atoms with Crippen molar-refractivity contribution in [2.45, 2.75) is 6.92 Å². The van der Waals surface area contributed by atoms with Crippen molar-refractivity contribution in [2.24, 2.45) is 0 Å². The van der Waals surface area contributed by atoms with Crippen molar-refractivity contribution < 1.29 is 19.4 Å². The van der Waals surface area contributed by atoms with Gasteiger partial charge in [0.1, 0.15) is 16.9 Å². The van der Waals surface area contributed by atoms with Crippen LogP contribution >= 0.6 is 0 Å². The van der Waals surface area contributed by atoms with Gasteiger partial charge in [-0.2, -0.15) is 0 Å². The van der Waals surface area contributed by atoms with Gasteiger partial charge in [0.05, 0.1) is 39.6 Å². The number of nitro benzene ring substituents is 2. The summed E-state index contributed by atoms with van der Waals surface area (Å²) in [6.45, 7) is 1.72. The highest BCUT2D eigenvalue weighted by molar-refractivity contribution is 6.09. The lowest BCUT2D eigenvalue weighted by Gasteiger charge is -2.09. The molecule has 0 atom stereocenters. The van der Waals surface area contributed by atoms with Gasteiger partial charge in [-0.15, -0.1) is 0 Å². The Hall–Kier alpha value is -5.13. The molecule has 5 aromatic rings. The summed E-state index contributed by atoms with van der Waals surface area (Å²) >= 11 is 0. The van der Waals surface area contributed by atoms with E-state index in [1.54, 1.807) is 13.0 Å². The van der Waals surface area contributed by atoms with Crippen LogP contribution < -0.4 is 5.73 Å². The molecule has 0 fully saturated rings. The Morgan fingerprint density at radius 3 is 2.23 bits per heavy atom. The van der Waals surface area contributed by atoms with Gasteiger partial charge in [0.15, 0.2) is 5.65 Å². The number of fused-ring (bicyclic) bond motifs is 3. The highest BCUT2D eigenvalue weighted by Crippen LogP contribution is 2.35. The molecular weight excluding hydrogens is 456 g/mol. The predicted octanol–water partition coefficient (Wildman–Crippen LogP) is 4.30. The molecule has 12 heteroatoms. The van der Waals surface area contributed by atoms with Gasteiger partial charge in [-0.1, -0.05) is 30.3 Å². The normalized spacial score (nSPS) is 11.2. The van der Waals surface area contributed by atoms with Crippen LogP contribution in [0.25, 0.3) is 38.7 Å². The zero-order chi connectivity index (χ0) is 24.9. The van der Waals surface area contributed by atoms with Crippen LogP contribution in [0.15, 0.2) is 54.6 Å². The fourth-order valence-corrected chi connectivity index (χ4v) is 4.02. The van der Waals surface area contributed by atoms with E-state index in [9.17, 15) is 25.0 Å². The molecular formula is C23H16N6O6. The van der Waals surface area contributed by atoms with Crippen LogP contribution in [-0.2, 0) is 4.74 Å². The van der Waals surface area contributed by atoms with Crippen LogP contribution in [0.2, 0.25) is 0 Å². The Morgan fingerprint density at radius 1 is 0.971 bits per heavy atom. The molecule has 0 aliphatic heterocycles. The number of nitrogens with two attached hydrogens (primary N) is 1. The summed E-state index contributed by atoms with van der Waals surface area (Å²) in [6.07, 6.45) is 0. The lowest BCUT2D eigenvalue weighted by molar-refractivity contribution is -0.422. The summed E-state index contributed by atoms with van der Waals surface area (Å²) in [7, 11) is 0. The highest BCUT2D eigenvalue weighted by Gasteiger charge is 2.29. The van der Waals surface area contributed by atoms with E-state index in [1.165, 1.54) is 4.57 Å². The molecule has 0 saturated heterocycles. The fourth-order valence-electron chi connectivity index (χ4n) is 4.02. The van der Waals surface area contributed by atoms with E-state index >= 15 is 0 Å². The summed E-state index contributed by atoms with van der Waals surface area (Å²) < 4.78 is 6.67. The molecule has 174 valence electrons. The number of hydrogen-bond donors (Lipinski definition) is 1. The minimum Gasteiger partial charge on any atom is -0.462 e. The molecule has 0 radical (unpaired) electrons. The Kier molecular flexibility index (Phi) is 4.97. The number of carbonyl (C=O) groups excluding carboxylic acids is 1. The van der Waals surface area contributed by atoms with Crippen LogP contribution in [0, 0.1) is 20.2 Å². The summed E-state index contributed by atoms with van der Waals surface area (Å²) in [5, 5.41) is 24.7. The number of benzene rings is 3. The number of nitrogens with zero attached hydrogens (tertiary/aromatic N) is 5. The Balaban J connectivity index is 1.88. The van der Waals surface area contributed by atoms with Crippen molar-refractivity contribution in [3.63, 3.8) is 0 Å². The van der Waals surface area contributed by atoms with Crippen molar-refractivity contribution >= 4 is 56.1 Å². The minimum atomic E-state index is -0.871. The van der Waals surface area contributed by atoms with Crippen LogP contribution in [0.5, 0.6) is 0 Å². The molecule has 3 aromatic carbocycles. The molecule has 2 N–H and O–H groups in total. The second-order valence-corrected chi connectivity index (χ2v) is 7.59. The van der Waals surface area contributed by atoms with Gasteiger partial charge in [0.25, 0.3) is 0 Å². The van der Waals surface area contributed by atoms with E-state index in [0.717, 1.165) is 22.9 Å². The monoisotopic (exact) mass is 472 g/mol. The molecule has 0 aliphatic rings. The molecule has 2 aromatic heterocycles. The van der Waals surface area contributed by atoms with E-state index in [2.05, 4.69) is 9.97 Å². The Morgan fingerprint density at radius 2 is 1.60 bits per heavy atom. The van der Waals surface area contributed by atoms with Crippen molar-refractivity contribution in [3.05, 3.63) is 80.4 Å². The fraction of sp³-hybridized carbons (Fsp3) is 0.0870. The zero-order valence-corrected chi connectivity index (χ0v) is 18.2. The molecule has 35 heavy (non-hydrogen) atoms. The Labute approximate surface area is 195 Å². The van der Waals surface area contributed by atoms with Gasteiger partial charge in [0.2, 0.25) is 0 Å². The van der Waals surface area contributed by atoms with Gasteiger partial charge >= 0.3 is 17.3 Å². The maximum Gasteiger partial charge on any atom is 0.348 e. The third kappa shape index (κ3) is 3.44. The first-order valence-corrected chi connectivity index (χ1v) is 10.4. The number of hydrogen-bond acceptors (Lipinski definition) is 9. The molecule has 2 heterocycles. The lowest BCUT2D eigenvalue weighted by Crippen LogP contribution is -2.09.